The molecule has 1 atom stereocenters. The normalized spacial score (nSPS) is 17.2. The van der Waals surface area contributed by atoms with Crippen LogP contribution in [0.15, 0.2) is 53.1 Å². The molecule has 1 fully saturated rings. The standard InChI is InChI=1S/C20H18BrN5/c21-12-5-6-16-14(9-12)19(24-13-7-8-22-10-13)15(11-23-16)20-25-17-3-1-2-4-18(17)26-20/h1-6,9,11,13,22H,7-8,10H2,(H,23,24)(H,25,26)/t13-/m0/s1. The molecule has 1 aliphatic heterocycles. The van der Waals surface area contributed by atoms with Crippen molar-refractivity contribution in [3.8, 4) is 11.4 Å². The number of aromatic amines is 1. The largest absolute Gasteiger partial charge is 0.380 e. The molecule has 3 heterocycles. The summed E-state index contributed by atoms with van der Waals surface area (Å²) >= 11 is 3.60. The maximum atomic E-state index is 4.78. The quantitative estimate of drug-likeness (QED) is 0.473. The zero-order chi connectivity index (χ0) is 17.5. The fraction of sp³-hybridized carbons (Fsp3) is 0.200. The first kappa shape index (κ1) is 15.8. The summed E-state index contributed by atoms with van der Waals surface area (Å²) in [7, 11) is 0. The Bertz CT molecular complexity index is 1060. The fourth-order valence-electron chi connectivity index (χ4n) is 3.56. The van der Waals surface area contributed by atoms with E-state index in [0.29, 0.717) is 6.04 Å². The Balaban J connectivity index is 1.72. The summed E-state index contributed by atoms with van der Waals surface area (Å²) in [6, 6.07) is 14.7. The predicted octanol–water partition coefficient (Wildman–Crippen LogP) is 4.31. The zero-order valence-electron chi connectivity index (χ0n) is 14.1. The van der Waals surface area contributed by atoms with Gasteiger partial charge in [-0.25, -0.2) is 4.98 Å². The lowest BCUT2D eigenvalue weighted by Crippen LogP contribution is -2.22. The molecule has 3 N–H and O–H groups in total. The number of nitrogens with one attached hydrogen (secondary N) is 3. The lowest BCUT2D eigenvalue weighted by Gasteiger charge is -2.18. The Morgan fingerprint density at radius 3 is 2.88 bits per heavy atom. The summed E-state index contributed by atoms with van der Waals surface area (Å²) < 4.78 is 1.04. The molecule has 5 rings (SSSR count). The Morgan fingerprint density at radius 2 is 2.04 bits per heavy atom. The molecule has 130 valence electrons. The molecule has 26 heavy (non-hydrogen) atoms. The van der Waals surface area contributed by atoms with E-state index in [0.717, 1.165) is 63.0 Å². The van der Waals surface area contributed by atoms with E-state index < -0.39 is 0 Å². The number of pyridine rings is 1. The second-order valence-electron chi connectivity index (χ2n) is 6.64. The average molecular weight is 408 g/mol. The minimum atomic E-state index is 0.405. The van der Waals surface area contributed by atoms with E-state index in [1.165, 1.54) is 0 Å². The number of fused-ring (bicyclic) bond motifs is 2. The Morgan fingerprint density at radius 1 is 1.12 bits per heavy atom. The molecule has 0 aliphatic carbocycles. The number of nitrogens with zero attached hydrogens (tertiary/aromatic N) is 2. The summed E-state index contributed by atoms with van der Waals surface area (Å²) in [5.41, 5.74) is 5.06. The van der Waals surface area contributed by atoms with Crippen LogP contribution in [0, 0.1) is 0 Å². The number of halogens is 1. The highest BCUT2D eigenvalue weighted by Crippen LogP contribution is 2.35. The van der Waals surface area contributed by atoms with E-state index in [1.54, 1.807) is 0 Å². The highest BCUT2D eigenvalue weighted by Gasteiger charge is 2.20. The molecule has 2 aromatic carbocycles. The molecule has 0 amide bonds. The molecule has 6 heteroatoms. The third-order valence-electron chi connectivity index (χ3n) is 4.88. The lowest BCUT2D eigenvalue weighted by atomic mass is 10.1. The third kappa shape index (κ3) is 2.75. The van der Waals surface area contributed by atoms with Crippen LogP contribution in [0.25, 0.3) is 33.3 Å². The topological polar surface area (TPSA) is 65.6 Å². The number of hydrogen-bond acceptors (Lipinski definition) is 4. The Labute approximate surface area is 159 Å². The van der Waals surface area contributed by atoms with Crippen molar-refractivity contribution in [1.29, 1.82) is 0 Å². The lowest BCUT2D eigenvalue weighted by molar-refractivity contribution is 0.794. The van der Waals surface area contributed by atoms with Crippen molar-refractivity contribution in [2.45, 2.75) is 12.5 Å². The van der Waals surface area contributed by atoms with E-state index in [1.807, 2.05) is 42.6 Å². The number of rotatable bonds is 3. The smallest absolute Gasteiger partial charge is 0.142 e. The number of aromatic nitrogens is 3. The van der Waals surface area contributed by atoms with Crippen LogP contribution in [0.3, 0.4) is 0 Å². The van der Waals surface area contributed by atoms with Crippen molar-refractivity contribution < 1.29 is 0 Å². The molecular formula is C20H18BrN5. The van der Waals surface area contributed by atoms with Crippen molar-refractivity contribution in [1.82, 2.24) is 20.3 Å². The van der Waals surface area contributed by atoms with Gasteiger partial charge in [0.15, 0.2) is 0 Å². The van der Waals surface area contributed by atoms with Gasteiger partial charge in [0.05, 0.1) is 27.8 Å². The van der Waals surface area contributed by atoms with Crippen LogP contribution in [0.5, 0.6) is 0 Å². The minimum absolute atomic E-state index is 0.405. The summed E-state index contributed by atoms with van der Waals surface area (Å²) in [6.45, 7) is 2.02. The molecule has 0 spiro atoms. The second-order valence-corrected chi connectivity index (χ2v) is 7.56. The molecule has 1 saturated heterocycles. The molecule has 4 aromatic rings. The molecule has 0 radical (unpaired) electrons. The van der Waals surface area contributed by atoms with Gasteiger partial charge < -0.3 is 15.6 Å². The molecule has 1 aliphatic rings. The van der Waals surface area contributed by atoms with Gasteiger partial charge in [-0.1, -0.05) is 28.1 Å². The van der Waals surface area contributed by atoms with Crippen LogP contribution in [0.4, 0.5) is 5.69 Å². The summed E-state index contributed by atoms with van der Waals surface area (Å²) in [4.78, 5) is 12.9. The van der Waals surface area contributed by atoms with Crippen LogP contribution in [-0.2, 0) is 0 Å². The number of para-hydroxylation sites is 2. The van der Waals surface area contributed by atoms with Gasteiger partial charge in [-0.05, 0) is 43.3 Å². The minimum Gasteiger partial charge on any atom is -0.380 e. The predicted molar refractivity (Wildman–Crippen MR) is 109 cm³/mol. The highest BCUT2D eigenvalue weighted by atomic mass is 79.9. The summed E-state index contributed by atoms with van der Waals surface area (Å²) in [5.74, 6) is 0.842. The first-order valence-electron chi connectivity index (χ1n) is 8.78. The Hall–Kier alpha value is -2.44. The zero-order valence-corrected chi connectivity index (χ0v) is 15.7. The number of hydrogen-bond donors (Lipinski definition) is 3. The summed E-state index contributed by atoms with van der Waals surface area (Å²) in [6.07, 6.45) is 3.02. The highest BCUT2D eigenvalue weighted by molar-refractivity contribution is 9.10. The van der Waals surface area contributed by atoms with Crippen molar-refractivity contribution in [2.24, 2.45) is 0 Å². The van der Waals surface area contributed by atoms with Gasteiger partial charge in [0.25, 0.3) is 0 Å². The van der Waals surface area contributed by atoms with E-state index >= 15 is 0 Å². The molecule has 0 unspecified atom stereocenters. The number of H-pyrrole nitrogens is 1. The molecule has 5 nitrogen and oxygen atoms in total. The number of imidazole rings is 1. The summed E-state index contributed by atoms with van der Waals surface area (Å²) in [5, 5.41) is 8.26. The Kier molecular flexibility index (Phi) is 3.87. The number of anilines is 1. The fourth-order valence-corrected chi connectivity index (χ4v) is 3.92. The van der Waals surface area contributed by atoms with Gasteiger partial charge in [-0.3, -0.25) is 4.98 Å². The van der Waals surface area contributed by atoms with E-state index in [9.17, 15) is 0 Å². The molecule has 2 aromatic heterocycles. The maximum Gasteiger partial charge on any atom is 0.142 e. The van der Waals surface area contributed by atoms with Crippen LogP contribution >= 0.6 is 15.9 Å². The molecular weight excluding hydrogens is 390 g/mol. The van der Waals surface area contributed by atoms with E-state index in [-0.39, 0.29) is 0 Å². The van der Waals surface area contributed by atoms with Gasteiger partial charge in [0.1, 0.15) is 5.82 Å². The van der Waals surface area contributed by atoms with Crippen molar-refractivity contribution in [2.75, 3.05) is 18.4 Å². The van der Waals surface area contributed by atoms with Crippen LogP contribution in [0.1, 0.15) is 6.42 Å². The van der Waals surface area contributed by atoms with Gasteiger partial charge in [0.2, 0.25) is 0 Å². The van der Waals surface area contributed by atoms with Gasteiger partial charge in [0, 0.05) is 28.6 Å². The average Bonchev–Trinajstić information content (AvgIpc) is 3.31. The van der Waals surface area contributed by atoms with Crippen LogP contribution in [-0.4, -0.2) is 34.1 Å². The van der Waals surface area contributed by atoms with Gasteiger partial charge in [-0.2, -0.15) is 0 Å². The second kappa shape index (κ2) is 6.37. The first-order chi connectivity index (χ1) is 12.8. The number of benzene rings is 2. The van der Waals surface area contributed by atoms with Crippen molar-refractivity contribution in [3.63, 3.8) is 0 Å². The van der Waals surface area contributed by atoms with E-state index in [2.05, 4.69) is 42.6 Å². The van der Waals surface area contributed by atoms with E-state index in [4.69, 9.17) is 4.98 Å². The van der Waals surface area contributed by atoms with Crippen molar-refractivity contribution >= 4 is 43.6 Å². The SMILES string of the molecule is Brc1ccc2ncc(-c3nc4ccccc4[nH]3)c(N[C@H]3CCNC3)c2c1. The molecule has 0 saturated carbocycles. The monoisotopic (exact) mass is 407 g/mol. The van der Waals surface area contributed by atoms with Crippen molar-refractivity contribution in [3.05, 3.63) is 53.1 Å². The van der Waals surface area contributed by atoms with Gasteiger partial charge in [-0.15, -0.1) is 0 Å². The van der Waals surface area contributed by atoms with Gasteiger partial charge >= 0.3 is 0 Å². The first-order valence-corrected chi connectivity index (χ1v) is 9.58. The van der Waals surface area contributed by atoms with Crippen LogP contribution in [0.2, 0.25) is 0 Å². The maximum absolute atomic E-state index is 4.78. The van der Waals surface area contributed by atoms with Crippen LogP contribution < -0.4 is 10.6 Å². The third-order valence-corrected chi connectivity index (χ3v) is 5.38. The molecule has 0 bridgehead atoms.